The van der Waals surface area contributed by atoms with Crippen LogP contribution in [-0.2, 0) is 4.74 Å². The van der Waals surface area contributed by atoms with Crippen LogP contribution in [0.5, 0.6) is 0 Å². The first-order valence-electron chi connectivity index (χ1n) is 6.13. The summed E-state index contributed by atoms with van der Waals surface area (Å²) in [5.74, 6) is 0.798. The van der Waals surface area contributed by atoms with Crippen LogP contribution in [0.1, 0.15) is 42.7 Å². The maximum absolute atomic E-state index is 6.17. The van der Waals surface area contributed by atoms with Gasteiger partial charge in [-0.15, -0.1) is 11.3 Å². The fraction of sp³-hybridized carbons (Fsp3) is 0.692. The van der Waals surface area contributed by atoms with E-state index in [0.717, 1.165) is 18.9 Å². The molecule has 0 saturated heterocycles. The van der Waals surface area contributed by atoms with Gasteiger partial charge in [0.2, 0.25) is 0 Å². The van der Waals surface area contributed by atoms with Crippen molar-refractivity contribution >= 4 is 11.3 Å². The fourth-order valence-electron chi connectivity index (χ4n) is 1.81. The van der Waals surface area contributed by atoms with E-state index in [1.165, 1.54) is 23.3 Å². The molecule has 0 aliphatic heterocycles. The predicted molar refractivity (Wildman–Crippen MR) is 68.7 cm³/mol. The molecule has 3 heteroatoms. The van der Waals surface area contributed by atoms with Crippen molar-refractivity contribution in [2.75, 3.05) is 6.61 Å². The van der Waals surface area contributed by atoms with Gasteiger partial charge in [-0.3, -0.25) is 0 Å². The zero-order valence-electron chi connectivity index (χ0n) is 10.1. The Balaban J connectivity index is 2.03. The lowest BCUT2D eigenvalue weighted by Crippen LogP contribution is -2.30. The summed E-state index contributed by atoms with van der Waals surface area (Å²) in [5, 5.41) is 2.13. The molecule has 1 aromatic heterocycles. The normalized spacial score (nSPS) is 19.7. The summed E-state index contributed by atoms with van der Waals surface area (Å²) < 4.78 is 6.03. The number of ether oxygens (including phenoxy) is 1. The fourth-order valence-corrected chi connectivity index (χ4v) is 2.86. The van der Waals surface area contributed by atoms with Gasteiger partial charge >= 0.3 is 0 Å². The Hall–Kier alpha value is -0.380. The Morgan fingerprint density at radius 3 is 2.81 bits per heavy atom. The van der Waals surface area contributed by atoms with E-state index in [-0.39, 0.29) is 12.1 Å². The Morgan fingerprint density at radius 1 is 1.56 bits per heavy atom. The van der Waals surface area contributed by atoms with E-state index in [1.54, 1.807) is 11.3 Å². The van der Waals surface area contributed by atoms with Crippen molar-refractivity contribution in [1.82, 2.24) is 0 Å². The summed E-state index contributed by atoms with van der Waals surface area (Å²) in [6.07, 6.45) is 3.73. The molecule has 1 heterocycles. The number of hydrogen-bond donors (Lipinski definition) is 1. The Labute approximate surface area is 102 Å². The molecule has 1 aromatic rings. The first-order chi connectivity index (χ1) is 7.72. The average molecular weight is 239 g/mol. The molecule has 1 aliphatic rings. The summed E-state index contributed by atoms with van der Waals surface area (Å²) >= 11 is 1.77. The molecule has 2 unspecified atom stereocenters. The van der Waals surface area contributed by atoms with Crippen LogP contribution in [-0.4, -0.2) is 12.6 Å². The highest BCUT2D eigenvalue weighted by Crippen LogP contribution is 2.34. The predicted octanol–water partition coefficient (Wildman–Crippen LogP) is 3.26. The molecule has 16 heavy (non-hydrogen) atoms. The molecular formula is C13H21NOS. The van der Waals surface area contributed by atoms with Crippen molar-refractivity contribution in [2.24, 2.45) is 11.7 Å². The second kappa shape index (κ2) is 5.30. The van der Waals surface area contributed by atoms with Gasteiger partial charge in [0.25, 0.3) is 0 Å². The third kappa shape index (κ3) is 2.84. The molecule has 0 bridgehead atoms. The van der Waals surface area contributed by atoms with Gasteiger partial charge in [-0.05, 0) is 49.1 Å². The van der Waals surface area contributed by atoms with E-state index in [0.29, 0.717) is 0 Å². The highest BCUT2D eigenvalue weighted by Gasteiger charge is 2.27. The zero-order valence-corrected chi connectivity index (χ0v) is 10.9. The van der Waals surface area contributed by atoms with Crippen molar-refractivity contribution in [3.05, 3.63) is 21.9 Å². The highest BCUT2D eigenvalue weighted by molar-refractivity contribution is 7.10. The second-order valence-corrected chi connectivity index (χ2v) is 5.68. The molecule has 1 aliphatic carbocycles. The van der Waals surface area contributed by atoms with E-state index in [2.05, 4.69) is 25.3 Å². The van der Waals surface area contributed by atoms with Gasteiger partial charge in [0.15, 0.2) is 0 Å². The van der Waals surface area contributed by atoms with Gasteiger partial charge in [-0.1, -0.05) is 6.92 Å². The molecule has 2 N–H and O–H groups in total. The van der Waals surface area contributed by atoms with Crippen molar-refractivity contribution < 1.29 is 4.74 Å². The van der Waals surface area contributed by atoms with E-state index in [9.17, 15) is 0 Å². The number of thiophene rings is 1. The lowest BCUT2D eigenvalue weighted by Gasteiger charge is -2.23. The summed E-state index contributed by atoms with van der Waals surface area (Å²) in [7, 11) is 0. The van der Waals surface area contributed by atoms with Crippen molar-refractivity contribution in [2.45, 2.75) is 45.3 Å². The minimum atomic E-state index is 0.102. The van der Waals surface area contributed by atoms with Crippen LogP contribution in [0.4, 0.5) is 0 Å². The molecule has 0 aromatic carbocycles. The van der Waals surface area contributed by atoms with Crippen LogP contribution in [0.3, 0.4) is 0 Å². The molecule has 0 radical (unpaired) electrons. The van der Waals surface area contributed by atoms with E-state index in [1.807, 2.05) is 0 Å². The number of rotatable bonds is 6. The largest absolute Gasteiger partial charge is 0.371 e. The lowest BCUT2D eigenvalue weighted by atomic mass is 10.1. The first kappa shape index (κ1) is 12.1. The smallest absolute Gasteiger partial charge is 0.107 e. The van der Waals surface area contributed by atoms with E-state index in [4.69, 9.17) is 10.5 Å². The van der Waals surface area contributed by atoms with Gasteiger partial charge in [-0.25, -0.2) is 0 Å². The SMILES string of the molecule is CCC(N)C(OCC1CC1)c1sccc1C. The Kier molecular flexibility index (Phi) is 4.00. The lowest BCUT2D eigenvalue weighted by molar-refractivity contribution is 0.0288. The second-order valence-electron chi connectivity index (χ2n) is 4.74. The van der Waals surface area contributed by atoms with Crippen LogP contribution < -0.4 is 5.73 Å². The number of aryl methyl sites for hydroxylation is 1. The molecule has 2 atom stereocenters. The van der Waals surface area contributed by atoms with Gasteiger partial charge in [0, 0.05) is 10.9 Å². The van der Waals surface area contributed by atoms with Crippen LogP contribution >= 0.6 is 11.3 Å². The monoisotopic (exact) mass is 239 g/mol. The van der Waals surface area contributed by atoms with Gasteiger partial charge in [-0.2, -0.15) is 0 Å². The standard InChI is InChI=1S/C13H21NOS/c1-3-11(14)12(15-8-10-4-5-10)13-9(2)6-7-16-13/h6-7,10-12H,3-5,8,14H2,1-2H3. The summed E-state index contributed by atoms with van der Waals surface area (Å²) in [6.45, 7) is 5.15. The number of nitrogens with two attached hydrogens (primary N) is 1. The average Bonchev–Trinajstić information content (AvgIpc) is 3.02. The van der Waals surface area contributed by atoms with Crippen molar-refractivity contribution in [3.8, 4) is 0 Å². The molecule has 1 fully saturated rings. The topological polar surface area (TPSA) is 35.2 Å². The maximum atomic E-state index is 6.17. The van der Waals surface area contributed by atoms with E-state index < -0.39 is 0 Å². The van der Waals surface area contributed by atoms with Gasteiger partial charge < -0.3 is 10.5 Å². The maximum Gasteiger partial charge on any atom is 0.107 e. The third-order valence-electron chi connectivity index (χ3n) is 3.23. The van der Waals surface area contributed by atoms with Gasteiger partial charge in [0.05, 0.1) is 6.61 Å². The molecule has 2 nitrogen and oxygen atoms in total. The first-order valence-corrected chi connectivity index (χ1v) is 7.01. The third-order valence-corrected chi connectivity index (χ3v) is 4.31. The molecular weight excluding hydrogens is 218 g/mol. The molecule has 90 valence electrons. The molecule has 2 rings (SSSR count). The highest BCUT2D eigenvalue weighted by atomic mass is 32.1. The Morgan fingerprint density at radius 2 is 2.31 bits per heavy atom. The van der Waals surface area contributed by atoms with Crippen molar-refractivity contribution in [1.29, 1.82) is 0 Å². The van der Waals surface area contributed by atoms with Crippen LogP contribution in [0.25, 0.3) is 0 Å². The van der Waals surface area contributed by atoms with Crippen molar-refractivity contribution in [3.63, 3.8) is 0 Å². The quantitative estimate of drug-likeness (QED) is 0.827. The summed E-state index contributed by atoms with van der Waals surface area (Å²) in [5.41, 5.74) is 7.48. The van der Waals surface area contributed by atoms with E-state index >= 15 is 0 Å². The Bertz CT molecular complexity index is 332. The molecule has 0 spiro atoms. The van der Waals surface area contributed by atoms with Crippen LogP contribution in [0, 0.1) is 12.8 Å². The summed E-state index contributed by atoms with van der Waals surface area (Å²) in [4.78, 5) is 1.31. The molecule has 1 saturated carbocycles. The minimum absolute atomic E-state index is 0.102. The summed E-state index contributed by atoms with van der Waals surface area (Å²) in [6, 6.07) is 2.27. The zero-order chi connectivity index (χ0) is 11.5. The van der Waals surface area contributed by atoms with Gasteiger partial charge in [0.1, 0.15) is 6.10 Å². The molecule has 0 amide bonds. The number of hydrogen-bond acceptors (Lipinski definition) is 3. The van der Waals surface area contributed by atoms with Crippen LogP contribution in [0.15, 0.2) is 11.4 Å². The van der Waals surface area contributed by atoms with Crippen LogP contribution in [0.2, 0.25) is 0 Å². The minimum Gasteiger partial charge on any atom is -0.371 e.